The van der Waals surface area contributed by atoms with Crippen LogP contribution >= 0.6 is 0 Å². The van der Waals surface area contributed by atoms with Gasteiger partial charge in [-0.1, -0.05) is 12.1 Å². The second-order valence-corrected chi connectivity index (χ2v) is 11.8. The number of nitrogens with one attached hydrogen (secondary N) is 2. The van der Waals surface area contributed by atoms with Gasteiger partial charge < -0.3 is 20.1 Å². The van der Waals surface area contributed by atoms with Crippen molar-refractivity contribution in [2.24, 2.45) is 0 Å². The highest BCUT2D eigenvalue weighted by Gasteiger charge is 2.13. The van der Waals surface area contributed by atoms with Crippen molar-refractivity contribution < 1.29 is 9.47 Å². The molecule has 4 rings (SSSR count). The number of fused-ring (bicyclic) bond motifs is 2. The molecule has 0 aliphatic heterocycles. The number of aromatic nitrogens is 2. The smallest absolute Gasteiger partial charge is 0.128 e. The summed E-state index contributed by atoms with van der Waals surface area (Å²) in [5, 5.41) is 8.89. The molecule has 0 fully saturated rings. The minimum Gasteiger partial charge on any atom is -0.492 e. The molecule has 2 aromatic carbocycles. The first-order valence-corrected chi connectivity index (χ1v) is 13.3. The van der Waals surface area contributed by atoms with Crippen molar-refractivity contribution in [3.8, 4) is 11.5 Å². The first-order chi connectivity index (χ1) is 18.0. The lowest BCUT2D eigenvalue weighted by Crippen LogP contribution is -2.28. The molecule has 0 amide bonds. The van der Waals surface area contributed by atoms with Crippen LogP contribution in [0, 0.1) is 0 Å². The van der Waals surface area contributed by atoms with Crippen LogP contribution < -0.4 is 20.1 Å². The zero-order chi connectivity index (χ0) is 27.3. The van der Waals surface area contributed by atoms with Gasteiger partial charge in [0.15, 0.2) is 0 Å². The predicted octanol–water partition coefficient (Wildman–Crippen LogP) is 6.59. The van der Waals surface area contributed by atoms with E-state index in [0.717, 1.165) is 58.0 Å². The summed E-state index contributed by atoms with van der Waals surface area (Å²) < 4.78 is 12.3. The topological polar surface area (TPSA) is 71.5 Å². The molecule has 7 heteroatoms. The summed E-state index contributed by atoms with van der Waals surface area (Å²) in [4.78, 5) is 11.7. The highest BCUT2D eigenvalue weighted by molar-refractivity contribution is 5.87. The summed E-state index contributed by atoms with van der Waals surface area (Å²) in [7, 11) is 2.08. The Hall–Kier alpha value is -3.58. The fourth-order valence-electron chi connectivity index (χ4n) is 4.15. The SMILES string of the molecule is CN(CCOc1cccc2nc(NC(C)(C)C)ccc12)CCOc1cccc2nc(NC(C)(C)C)ccc12. The standard InChI is InChI=1S/C31H41N5O2/c1-30(2,3)34-28-16-14-22-24(32-28)10-8-12-26(22)37-20-18-36(7)19-21-38-27-13-9-11-25-23(27)15-17-29(33-25)35-31(4,5)6/h8-17H,18-21H2,1-7H3,(H,32,34)(H,33,35). The maximum Gasteiger partial charge on any atom is 0.128 e. The lowest BCUT2D eigenvalue weighted by Gasteiger charge is -2.22. The van der Waals surface area contributed by atoms with Gasteiger partial charge >= 0.3 is 0 Å². The summed E-state index contributed by atoms with van der Waals surface area (Å²) in [6, 6.07) is 20.2. The van der Waals surface area contributed by atoms with E-state index < -0.39 is 0 Å². The molecule has 0 unspecified atom stereocenters. The third-order valence-corrected chi connectivity index (χ3v) is 5.85. The fourth-order valence-corrected chi connectivity index (χ4v) is 4.15. The molecular weight excluding hydrogens is 474 g/mol. The molecule has 2 aromatic heterocycles. The van der Waals surface area contributed by atoms with Gasteiger partial charge in [0, 0.05) is 34.9 Å². The van der Waals surface area contributed by atoms with Gasteiger partial charge in [-0.05, 0) is 97.1 Å². The highest BCUT2D eigenvalue weighted by Crippen LogP contribution is 2.28. The fraction of sp³-hybridized carbons (Fsp3) is 0.419. The second-order valence-electron chi connectivity index (χ2n) is 11.8. The van der Waals surface area contributed by atoms with Gasteiger partial charge in [-0.25, -0.2) is 9.97 Å². The Morgan fingerprint density at radius 2 is 1.05 bits per heavy atom. The zero-order valence-corrected chi connectivity index (χ0v) is 23.8. The van der Waals surface area contributed by atoms with E-state index in [1.54, 1.807) is 0 Å². The van der Waals surface area contributed by atoms with Crippen molar-refractivity contribution in [1.29, 1.82) is 0 Å². The van der Waals surface area contributed by atoms with E-state index in [1.807, 2.05) is 48.5 Å². The zero-order valence-electron chi connectivity index (χ0n) is 23.8. The Labute approximate surface area is 226 Å². The van der Waals surface area contributed by atoms with Crippen LogP contribution in [0.4, 0.5) is 11.6 Å². The molecule has 202 valence electrons. The van der Waals surface area contributed by atoms with Gasteiger partial charge in [0.2, 0.25) is 0 Å². The first kappa shape index (κ1) is 27.5. The molecule has 2 heterocycles. The number of hydrogen-bond acceptors (Lipinski definition) is 7. The minimum absolute atomic E-state index is 0.0410. The van der Waals surface area contributed by atoms with Crippen molar-refractivity contribution in [1.82, 2.24) is 14.9 Å². The van der Waals surface area contributed by atoms with Crippen LogP contribution in [0.25, 0.3) is 21.8 Å². The van der Waals surface area contributed by atoms with E-state index in [-0.39, 0.29) is 11.1 Å². The van der Waals surface area contributed by atoms with E-state index in [4.69, 9.17) is 19.4 Å². The number of hydrogen-bond donors (Lipinski definition) is 2. The summed E-state index contributed by atoms with van der Waals surface area (Å²) in [6.45, 7) is 15.5. The lowest BCUT2D eigenvalue weighted by molar-refractivity contribution is 0.204. The molecule has 0 saturated carbocycles. The van der Waals surface area contributed by atoms with Crippen LogP contribution in [0.3, 0.4) is 0 Å². The summed E-state index contributed by atoms with van der Waals surface area (Å²) in [5.41, 5.74) is 1.76. The summed E-state index contributed by atoms with van der Waals surface area (Å²) in [6.07, 6.45) is 0. The number of anilines is 2. The van der Waals surface area contributed by atoms with E-state index in [9.17, 15) is 0 Å². The Balaban J connectivity index is 1.28. The number of benzene rings is 2. The molecule has 0 aliphatic carbocycles. The monoisotopic (exact) mass is 515 g/mol. The maximum atomic E-state index is 6.14. The van der Waals surface area contributed by atoms with Crippen molar-refractivity contribution in [3.63, 3.8) is 0 Å². The van der Waals surface area contributed by atoms with Crippen molar-refractivity contribution >= 4 is 33.4 Å². The average Bonchev–Trinajstić information content (AvgIpc) is 2.82. The Bertz CT molecular complexity index is 1270. The Kier molecular flexibility index (Phi) is 8.26. The molecule has 0 saturated heterocycles. The minimum atomic E-state index is -0.0410. The van der Waals surface area contributed by atoms with Crippen LogP contribution in [0.2, 0.25) is 0 Å². The van der Waals surface area contributed by atoms with Crippen LogP contribution in [0.1, 0.15) is 41.5 Å². The maximum absolute atomic E-state index is 6.14. The van der Waals surface area contributed by atoms with E-state index in [0.29, 0.717) is 13.2 Å². The average molecular weight is 516 g/mol. The Morgan fingerprint density at radius 1 is 0.632 bits per heavy atom. The van der Waals surface area contributed by atoms with Crippen LogP contribution in [0.5, 0.6) is 11.5 Å². The molecule has 0 aliphatic rings. The van der Waals surface area contributed by atoms with E-state index >= 15 is 0 Å². The van der Waals surface area contributed by atoms with E-state index in [1.165, 1.54) is 0 Å². The van der Waals surface area contributed by atoms with E-state index in [2.05, 4.69) is 76.3 Å². The van der Waals surface area contributed by atoms with Crippen molar-refractivity contribution in [2.75, 3.05) is 44.0 Å². The number of rotatable bonds is 10. The molecule has 7 nitrogen and oxygen atoms in total. The third-order valence-electron chi connectivity index (χ3n) is 5.85. The number of ether oxygens (including phenoxy) is 2. The Morgan fingerprint density at radius 3 is 1.45 bits per heavy atom. The largest absolute Gasteiger partial charge is 0.492 e. The normalized spacial score (nSPS) is 12.2. The van der Waals surface area contributed by atoms with Crippen molar-refractivity contribution in [3.05, 3.63) is 60.7 Å². The third kappa shape index (κ3) is 7.71. The molecule has 0 atom stereocenters. The quantitative estimate of drug-likeness (QED) is 0.247. The number of likely N-dealkylation sites (N-methyl/N-ethyl adjacent to an activating group) is 1. The molecular formula is C31H41N5O2. The second kappa shape index (κ2) is 11.4. The molecule has 0 spiro atoms. The molecule has 2 N–H and O–H groups in total. The summed E-state index contributed by atoms with van der Waals surface area (Å²) >= 11 is 0. The van der Waals surface area contributed by atoms with Gasteiger partial charge in [-0.2, -0.15) is 0 Å². The first-order valence-electron chi connectivity index (χ1n) is 13.3. The lowest BCUT2D eigenvalue weighted by atomic mass is 10.1. The van der Waals surface area contributed by atoms with Crippen molar-refractivity contribution in [2.45, 2.75) is 52.6 Å². The van der Waals surface area contributed by atoms with Gasteiger partial charge in [0.1, 0.15) is 36.3 Å². The van der Waals surface area contributed by atoms with Crippen LogP contribution in [0.15, 0.2) is 60.7 Å². The van der Waals surface area contributed by atoms with Crippen LogP contribution in [-0.4, -0.2) is 59.3 Å². The molecule has 4 aromatic rings. The molecule has 38 heavy (non-hydrogen) atoms. The van der Waals surface area contributed by atoms with Gasteiger partial charge in [-0.3, -0.25) is 4.90 Å². The van der Waals surface area contributed by atoms with Gasteiger partial charge in [0.25, 0.3) is 0 Å². The number of nitrogens with zero attached hydrogens (tertiary/aromatic N) is 3. The van der Waals surface area contributed by atoms with Crippen LogP contribution in [-0.2, 0) is 0 Å². The molecule has 0 bridgehead atoms. The summed E-state index contributed by atoms with van der Waals surface area (Å²) in [5.74, 6) is 3.44. The van der Waals surface area contributed by atoms with Gasteiger partial charge in [-0.15, -0.1) is 0 Å². The predicted molar refractivity (Wildman–Crippen MR) is 159 cm³/mol. The number of pyridine rings is 2. The molecule has 0 radical (unpaired) electrons. The highest BCUT2D eigenvalue weighted by atomic mass is 16.5. The van der Waals surface area contributed by atoms with Gasteiger partial charge in [0.05, 0.1) is 11.0 Å².